The Hall–Kier alpha value is -2.05. The van der Waals surface area contributed by atoms with Crippen molar-refractivity contribution < 1.29 is 14.0 Å². The molecule has 0 saturated carbocycles. The second-order valence-corrected chi connectivity index (χ2v) is 8.42. The molecule has 30 heavy (non-hydrogen) atoms. The van der Waals surface area contributed by atoms with Gasteiger partial charge in [-0.1, -0.05) is 54.4 Å². The normalized spacial score (nSPS) is 11.8. The van der Waals surface area contributed by atoms with Crippen LogP contribution in [0.3, 0.4) is 0 Å². The number of likely N-dealkylation sites (N-methyl/N-ethyl adjacent to an activating group) is 1. The van der Waals surface area contributed by atoms with Crippen LogP contribution in [0, 0.1) is 12.7 Å². The number of hydrogen-bond acceptors (Lipinski definition) is 3. The van der Waals surface area contributed by atoms with Crippen LogP contribution in [-0.2, 0) is 21.9 Å². The highest BCUT2D eigenvalue weighted by Crippen LogP contribution is 2.24. The molecule has 0 aliphatic carbocycles. The minimum Gasteiger partial charge on any atom is -0.355 e. The summed E-state index contributed by atoms with van der Waals surface area (Å²) in [5, 5.41) is 3.17. The predicted molar refractivity (Wildman–Crippen MR) is 122 cm³/mol. The third-order valence-corrected chi connectivity index (χ3v) is 6.00. The molecule has 2 aromatic carbocycles. The van der Waals surface area contributed by atoms with E-state index in [1.807, 2.05) is 45.0 Å². The summed E-state index contributed by atoms with van der Waals surface area (Å²) in [4.78, 5) is 27.3. The Labute approximate surface area is 187 Å². The number of carbonyl (C=O) groups is 2. The number of benzene rings is 2. The molecule has 162 valence electrons. The number of carbonyl (C=O) groups excluding carboxylic acids is 2. The smallest absolute Gasteiger partial charge is 0.242 e. The molecule has 0 bridgehead atoms. The summed E-state index contributed by atoms with van der Waals surface area (Å²) in [6.45, 7) is 6.58. The van der Waals surface area contributed by atoms with Crippen molar-refractivity contribution in [1.29, 1.82) is 0 Å². The van der Waals surface area contributed by atoms with Gasteiger partial charge in [-0.3, -0.25) is 9.59 Å². The molecule has 2 aromatic rings. The van der Waals surface area contributed by atoms with Crippen LogP contribution in [-0.4, -0.2) is 35.1 Å². The van der Waals surface area contributed by atoms with Gasteiger partial charge >= 0.3 is 0 Å². The summed E-state index contributed by atoms with van der Waals surface area (Å²) in [5.41, 5.74) is 2.45. The van der Waals surface area contributed by atoms with Gasteiger partial charge in [-0.25, -0.2) is 4.39 Å². The van der Waals surface area contributed by atoms with Gasteiger partial charge in [0, 0.05) is 29.4 Å². The average molecular weight is 451 g/mol. The molecule has 0 fully saturated rings. The van der Waals surface area contributed by atoms with E-state index in [4.69, 9.17) is 11.6 Å². The summed E-state index contributed by atoms with van der Waals surface area (Å²) in [6, 6.07) is 11.9. The molecule has 0 unspecified atom stereocenters. The van der Waals surface area contributed by atoms with E-state index < -0.39 is 6.04 Å². The zero-order chi connectivity index (χ0) is 22.1. The molecule has 1 N–H and O–H groups in total. The number of hydrogen-bond donors (Lipinski definition) is 1. The summed E-state index contributed by atoms with van der Waals surface area (Å²) < 4.78 is 14.0. The van der Waals surface area contributed by atoms with Crippen molar-refractivity contribution in [3.05, 3.63) is 70.0 Å². The lowest BCUT2D eigenvalue weighted by Gasteiger charge is -2.30. The SMILES string of the molecule is CCNC(=O)[C@@H](CC)N(Cc1cccc(C)c1)C(=O)CSCc1c(F)cccc1Cl. The summed E-state index contributed by atoms with van der Waals surface area (Å²) in [6.07, 6.45) is 0.507. The van der Waals surface area contributed by atoms with Gasteiger partial charge in [-0.2, -0.15) is 0 Å². The average Bonchev–Trinajstić information content (AvgIpc) is 2.70. The molecule has 0 aliphatic rings. The Morgan fingerprint density at radius 2 is 1.93 bits per heavy atom. The highest BCUT2D eigenvalue weighted by atomic mass is 35.5. The quantitative estimate of drug-likeness (QED) is 0.556. The molecule has 0 radical (unpaired) electrons. The highest BCUT2D eigenvalue weighted by molar-refractivity contribution is 7.99. The zero-order valence-electron chi connectivity index (χ0n) is 17.6. The van der Waals surface area contributed by atoms with E-state index in [1.54, 1.807) is 17.0 Å². The Morgan fingerprint density at radius 3 is 2.57 bits per heavy atom. The third-order valence-electron chi connectivity index (χ3n) is 4.71. The van der Waals surface area contributed by atoms with E-state index in [0.717, 1.165) is 11.1 Å². The second kappa shape index (κ2) is 12.0. The molecular formula is C23H28ClFN2O2S. The van der Waals surface area contributed by atoms with E-state index in [0.29, 0.717) is 30.1 Å². The van der Waals surface area contributed by atoms with Crippen LogP contribution < -0.4 is 5.32 Å². The van der Waals surface area contributed by atoms with Gasteiger partial charge in [0.2, 0.25) is 11.8 Å². The summed E-state index contributed by atoms with van der Waals surface area (Å²) in [7, 11) is 0. The number of nitrogens with zero attached hydrogens (tertiary/aromatic N) is 1. The number of amides is 2. The lowest BCUT2D eigenvalue weighted by molar-refractivity contribution is -0.139. The molecule has 2 rings (SSSR count). The Bertz CT molecular complexity index is 858. The molecular weight excluding hydrogens is 423 g/mol. The molecule has 1 atom stereocenters. The molecule has 0 spiro atoms. The van der Waals surface area contributed by atoms with Gasteiger partial charge in [-0.05, 0) is 38.0 Å². The fourth-order valence-electron chi connectivity index (χ4n) is 3.21. The van der Waals surface area contributed by atoms with Gasteiger partial charge in [0.25, 0.3) is 0 Å². The van der Waals surface area contributed by atoms with Crippen molar-refractivity contribution in [2.75, 3.05) is 12.3 Å². The van der Waals surface area contributed by atoms with Crippen molar-refractivity contribution in [3.63, 3.8) is 0 Å². The number of halogens is 2. The van der Waals surface area contributed by atoms with Gasteiger partial charge < -0.3 is 10.2 Å². The van der Waals surface area contributed by atoms with Crippen molar-refractivity contribution >= 4 is 35.2 Å². The third kappa shape index (κ3) is 6.74. The minimum atomic E-state index is -0.560. The van der Waals surface area contributed by atoms with Crippen molar-refractivity contribution in [2.45, 2.75) is 45.5 Å². The fraction of sp³-hybridized carbons (Fsp3) is 0.391. The Balaban J connectivity index is 2.15. The Morgan fingerprint density at radius 1 is 1.20 bits per heavy atom. The van der Waals surface area contributed by atoms with Gasteiger partial charge in [0.1, 0.15) is 11.9 Å². The highest BCUT2D eigenvalue weighted by Gasteiger charge is 2.28. The van der Waals surface area contributed by atoms with Crippen molar-refractivity contribution in [1.82, 2.24) is 10.2 Å². The van der Waals surface area contributed by atoms with Crippen LogP contribution in [0.4, 0.5) is 4.39 Å². The minimum absolute atomic E-state index is 0.131. The first-order valence-corrected chi connectivity index (χ1v) is 11.5. The maximum absolute atomic E-state index is 14.0. The Kier molecular flexibility index (Phi) is 9.66. The molecule has 2 amide bonds. The molecule has 0 heterocycles. The van der Waals surface area contributed by atoms with Gasteiger partial charge in [-0.15, -0.1) is 11.8 Å². The van der Waals surface area contributed by atoms with Crippen molar-refractivity contribution in [3.8, 4) is 0 Å². The van der Waals surface area contributed by atoms with Crippen LogP contribution in [0.1, 0.15) is 37.0 Å². The van der Waals surface area contributed by atoms with Crippen LogP contribution in [0.2, 0.25) is 5.02 Å². The first-order valence-electron chi connectivity index (χ1n) is 10.0. The van der Waals surface area contributed by atoms with Crippen LogP contribution in [0.15, 0.2) is 42.5 Å². The van der Waals surface area contributed by atoms with Crippen LogP contribution >= 0.6 is 23.4 Å². The number of rotatable bonds is 10. The molecule has 0 aromatic heterocycles. The monoisotopic (exact) mass is 450 g/mol. The number of nitrogens with one attached hydrogen (secondary N) is 1. The molecule has 7 heteroatoms. The standard InChI is InChI=1S/C23H28ClFN2O2S/c1-4-21(23(29)26-5-2)27(13-17-9-6-8-16(3)12-17)22(28)15-30-14-18-19(24)10-7-11-20(18)25/h6-12,21H,4-5,13-15H2,1-3H3,(H,26,29)/t21-/m1/s1. The van der Waals surface area contributed by atoms with Gasteiger partial charge in [0.05, 0.1) is 5.75 Å². The largest absolute Gasteiger partial charge is 0.355 e. The summed E-state index contributed by atoms with van der Waals surface area (Å²) in [5.74, 6) is -0.289. The van der Waals surface area contributed by atoms with Crippen LogP contribution in [0.5, 0.6) is 0 Å². The maximum Gasteiger partial charge on any atom is 0.242 e. The lowest BCUT2D eigenvalue weighted by Crippen LogP contribution is -2.49. The fourth-order valence-corrected chi connectivity index (χ4v) is 4.46. The lowest BCUT2D eigenvalue weighted by atomic mass is 10.1. The van der Waals surface area contributed by atoms with Crippen molar-refractivity contribution in [2.24, 2.45) is 0 Å². The van der Waals surface area contributed by atoms with E-state index in [9.17, 15) is 14.0 Å². The molecule has 4 nitrogen and oxygen atoms in total. The summed E-state index contributed by atoms with van der Waals surface area (Å²) >= 11 is 7.37. The first kappa shape index (κ1) is 24.2. The van der Waals surface area contributed by atoms with E-state index >= 15 is 0 Å². The van der Waals surface area contributed by atoms with E-state index in [2.05, 4.69) is 5.32 Å². The number of aryl methyl sites for hydroxylation is 1. The van der Waals surface area contributed by atoms with E-state index in [1.165, 1.54) is 17.8 Å². The number of thioether (sulfide) groups is 1. The van der Waals surface area contributed by atoms with Gasteiger partial charge in [0.15, 0.2) is 0 Å². The predicted octanol–water partition coefficient (Wildman–Crippen LogP) is 4.96. The molecule has 0 aliphatic heterocycles. The first-order chi connectivity index (χ1) is 14.4. The van der Waals surface area contributed by atoms with E-state index in [-0.39, 0.29) is 29.1 Å². The zero-order valence-corrected chi connectivity index (χ0v) is 19.2. The molecule has 0 saturated heterocycles. The maximum atomic E-state index is 14.0. The second-order valence-electron chi connectivity index (χ2n) is 7.02. The van der Waals surface area contributed by atoms with Crippen LogP contribution in [0.25, 0.3) is 0 Å². The topological polar surface area (TPSA) is 49.4 Å².